The van der Waals surface area contributed by atoms with Gasteiger partial charge >= 0.3 is 5.97 Å². The molecule has 1 aromatic rings. The summed E-state index contributed by atoms with van der Waals surface area (Å²) in [6, 6.07) is 9.83. The largest absolute Gasteiger partial charge is 0.457 e. The van der Waals surface area contributed by atoms with Crippen LogP contribution in [-0.4, -0.2) is 17.3 Å². The minimum atomic E-state index is -0.637. The summed E-state index contributed by atoms with van der Waals surface area (Å²) in [6.07, 6.45) is 1.36. The Bertz CT molecular complexity index is 868. The van der Waals surface area contributed by atoms with Crippen LogP contribution in [0.4, 0.5) is 0 Å². The fourth-order valence-corrected chi connectivity index (χ4v) is 3.86. The van der Waals surface area contributed by atoms with E-state index < -0.39 is 23.4 Å². The molecule has 2 rings (SSSR count). The molecule has 0 fully saturated rings. The van der Waals surface area contributed by atoms with E-state index in [1.54, 1.807) is 12.1 Å². The fraction of sp³-hybridized carbons (Fsp3) is 0.560. The Morgan fingerprint density at radius 3 is 2.17 bits per heavy atom. The van der Waals surface area contributed by atoms with Gasteiger partial charge in [-0.05, 0) is 63.1 Å². The lowest BCUT2D eigenvalue weighted by atomic mass is 9.73. The topological polar surface area (TPSA) is 62.4 Å². The van der Waals surface area contributed by atoms with Crippen LogP contribution in [0.1, 0.15) is 72.8 Å². The highest BCUT2D eigenvalue weighted by Gasteiger charge is 2.41. The number of benzene rings is 1. The molecule has 162 valence electrons. The number of halogens is 1. The van der Waals surface area contributed by atoms with Gasteiger partial charge in [0.15, 0.2) is 0 Å². The molecule has 0 spiro atoms. The van der Waals surface area contributed by atoms with Gasteiger partial charge in [0.2, 0.25) is 0 Å². The second-order valence-corrected chi connectivity index (χ2v) is 10.2. The van der Waals surface area contributed by atoms with Crippen LogP contribution in [0.5, 0.6) is 0 Å². The predicted molar refractivity (Wildman–Crippen MR) is 123 cm³/mol. The molecule has 2 unspecified atom stereocenters. The molecule has 4 nitrogen and oxygen atoms in total. The maximum Gasteiger partial charge on any atom is 0.337 e. The van der Waals surface area contributed by atoms with Gasteiger partial charge in [-0.2, -0.15) is 5.26 Å². The maximum absolute atomic E-state index is 13.4. The van der Waals surface area contributed by atoms with E-state index in [-0.39, 0.29) is 0 Å². The Morgan fingerprint density at radius 1 is 1.13 bits per heavy atom. The Hall–Kier alpha value is -2.12. The zero-order valence-electron chi connectivity index (χ0n) is 19.1. The van der Waals surface area contributed by atoms with Gasteiger partial charge in [-0.3, -0.25) is 4.99 Å². The van der Waals surface area contributed by atoms with Crippen molar-refractivity contribution in [2.24, 2.45) is 22.7 Å². The van der Waals surface area contributed by atoms with Crippen molar-refractivity contribution >= 4 is 23.3 Å². The van der Waals surface area contributed by atoms with Crippen molar-refractivity contribution in [2.75, 3.05) is 0 Å². The number of hydrogen-bond donors (Lipinski definition) is 0. The molecule has 0 aliphatic carbocycles. The number of esters is 1. The van der Waals surface area contributed by atoms with E-state index in [0.29, 0.717) is 35.3 Å². The average Bonchev–Trinajstić information content (AvgIpc) is 2.59. The number of allylic oxidation sites excluding steroid dienone is 1. The highest BCUT2D eigenvalue weighted by Crippen LogP contribution is 2.42. The lowest BCUT2D eigenvalue weighted by Gasteiger charge is -2.33. The quantitative estimate of drug-likeness (QED) is 0.473. The molecule has 1 aliphatic heterocycles. The number of ether oxygens (including phenoxy) is 1. The van der Waals surface area contributed by atoms with Crippen LogP contribution in [0, 0.1) is 29.1 Å². The normalized spacial score (nSPS) is 19.7. The van der Waals surface area contributed by atoms with Crippen LogP contribution < -0.4 is 0 Å². The Labute approximate surface area is 186 Å². The van der Waals surface area contributed by atoms with Gasteiger partial charge in [0, 0.05) is 16.7 Å². The van der Waals surface area contributed by atoms with Crippen molar-refractivity contribution < 1.29 is 9.53 Å². The molecular formula is C25H33ClN2O2. The molecule has 0 aromatic heterocycles. The minimum absolute atomic E-state index is 0.311. The first-order chi connectivity index (χ1) is 13.9. The Morgan fingerprint density at radius 2 is 1.70 bits per heavy atom. The molecule has 0 radical (unpaired) electrons. The van der Waals surface area contributed by atoms with Crippen molar-refractivity contribution in [1.82, 2.24) is 0 Å². The average molecular weight is 429 g/mol. The first-order valence-electron chi connectivity index (χ1n) is 10.6. The summed E-state index contributed by atoms with van der Waals surface area (Å²) >= 11 is 6.11. The lowest BCUT2D eigenvalue weighted by molar-refractivity contribution is -0.150. The van der Waals surface area contributed by atoms with E-state index in [9.17, 15) is 10.1 Å². The second-order valence-electron chi connectivity index (χ2n) is 9.80. The number of nitrogens with zero attached hydrogens (tertiary/aromatic N) is 2. The minimum Gasteiger partial charge on any atom is -0.457 e. The smallest absolute Gasteiger partial charge is 0.337 e. The fourth-order valence-electron chi connectivity index (χ4n) is 3.73. The first-order valence-corrected chi connectivity index (χ1v) is 11.0. The van der Waals surface area contributed by atoms with Gasteiger partial charge in [-0.1, -0.05) is 51.4 Å². The van der Waals surface area contributed by atoms with Crippen LogP contribution in [0.25, 0.3) is 0 Å². The lowest BCUT2D eigenvalue weighted by Crippen LogP contribution is -2.34. The molecule has 2 atom stereocenters. The summed E-state index contributed by atoms with van der Waals surface area (Å²) in [4.78, 5) is 18.2. The van der Waals surface area contributed by atoms with E-state index in [1.807, 2.05) is 32.9 Å². The molecular weight excluding hydrogens is 396 g/mol. The van der Waals surface area contributed by atoms with Crippen LogP contribution >= 0.6 is 11.6 Å². The van der Waals surface area contributed by atoms with Crippen LogP contribution in [0.15, 0.2) is 40.5 Å². The van der Waals surface area contributed by atoms with Gasteiger partial charge in [0.05, 0.1) is 23.3 Å². The molecule has 30 heavy (non-hydrogen) atoms. The molecule has 0 saturated carbocycles. The van der Waals surface area contributed by atoms with Crippen LogP contribution in [-0.2, 0) is 9.53 Å². The summed E-state index contributed by atoms with van der Waals surface area (Å²) < 4.78 is 5.77. The molecule has 0 saturated heterocycles. The van der Waals surface area contributed by atoms with Gasteiger partial charge in [-0.25, -0.2) is 4.79 Å². The third-order valence-electron chi connectivity index (χ3n) is 4.80. The van der Waals surface area contributed by atoms with E-state index in [0.717, 1.165) is 17.0 Å². The monoisotopic (exact) mass is 428 g/mol. The predicted octanol–water partition coefficient (Wildman–Crippen LogP) is 6.71. The SMILES string of the molecule is CC(C)CC1=NC(CC(C)C)=C(C(=O)OC(C)(C)C)C(c2ccc(Cl)cc2)C1C#N. The molecule has 5 heteroatoms. The van der Waals surface area contributed by atoms with Crippen molar-refractivity contribution in [3.05, 3.63) is 46.1 Å². The highest BCUT2D eigenvalue weighted by molar-refractivity contribution is 6.30. The molecule has 0 amide bonds. The van der Waals surface area contributed by atoms with Crippen LogP contribution in [0.3, 0.4) is 0 Å². The van der Waals surface area contributed by atoms with Gasteiger partial charge < -0.3 is 4.74 Å². The Balaban J connectivity index is 2.74. The number of aliphatic imine (C=N–C) groups is 1. The number of rotatable bonds is 6. The standard InChI is InChI=1S/C25H33ClN2O2/c1-15(2)12-20-19(14-27)22(17-8-10-18(26)11-9-17)23(21(28-20)13-16(3)4)24(29)30-25(5,6)7/h8-11,15-16,19,22H,12-13H2,1-7H3. The summed E-state index contributed by atoms with van der Waals surface area (Å²) in [5, 5.41) is 10.7. The second kappa shape index (κ2) is 9.79. The van der Waals surface area contributed by atoms with Crippen LogP contribution in [0.2, 0.25) is 5.02 Å². The molecule has 0 bridgehead atoms. The van der Waals surface area contributed by atoms with Crippen molar-refractivity contribution in [1.29, 1.82) is 5.26 Å². The zero-order chi connectivity index (χ0) is 22.6. The van der Waals surface area contributed by atoms with Crippen molar-refractivity contribution in [2.45, 2.75) is 72.8 Å². The number of carbonyl (C=O) groups is 1. The highest BCUT2D eigenvalue weighted by atomic mass is 35.5. The zero-order valence-corrected chi connectivity index (χ0v) is 19.9. The van der Waals surface area contributed by atoms with Gasteiger partial charge in [0.1, 0.15) is 5.60 Å². The summed E-state index contributed by atoms with van der Waals surface area (Å²) in [7, 11) is 0. The summed E-state index contributed by atoms with van der Waals surface area (Å²) in [6.45, 7) is 14.0. The van der Waals surface area contributed by atoms with Crippen molar-refractivity contribution in [3.8, 4) is 6.07 Å². The Kier molecular flexibility index (Phi) is 7.88. The third-order valence-corrected chi connectivity index (χ3v) is 5.05. The number of hydrogen-bond acceptors (Lipinski definition) is 4. The van der Waals surface area contributed by atoms with E-state index >= 15 is 0 Å². The van der Waals surface area contributed by atoms with Crippen molar-refractivity contribution in [3.63, 3.8) is 0 Å². The van der Waals surface area contributed by atoms with E-state index in [1.165, 1.54) is 0 Å². The van der Waals surface area contributed by atoms with Gasteiger partial charge in [0.25, 0.3) is 0 Å². The maximum atomic E-state index is 13.4. The summed E-state index contributed by atoms with van der Waals surface area (Å²) in [5.74, 6) is -0.681. The van der Waals surface area contributed by atoms with E-state index in [2.05, 4.69) is 33.8 Å². The third kappa shape index (κ3) is 6.19. The van der Waals surface area contributed by atoms with Gasteiger partial charge in [-0.15, -0.1) is 0 Å². The molecule has 1 aromatic carbocycles. The molecule has 1 heterocycles. The summed E-state index contributed by atoms with van der Waals surface area (Å²) in [5.41, 5.74) is 2.32. The molecule has 0 N–H and O–H groups in total. The van der Waals surface area contributed by atoms with E-state index in [4.69, 9.17) is 21.3 Å². The first kappa shape index (κ1) is 24.2. The number of carbonyl (C=O) groups excluding carboxylic acids is 1. The number of nitriles is 1. The molecule has 1 aliphatic rings.